The number of halogens is 3. The first-order chi connectivity index (χ1) is 8.91. The van der Waals surface area contributed by atoms with Gasteiger partial charge in [0.15, 0.2) is 5.01 Å². The molecular weight excluding hydrogens is 277 g/mol. The van der Waals surface area contributed by atoms with Crippen LogP contribution in [0.25, 0.3) is 0 Å². The van der Waals surface area contributed by atoms with E-state index in [9.17, 15) is 13.2 Å². The van der Waals surface area contributed by atoms with E-state index in [-0.39, 0.29) is 6.04 Å². The maximum Gasteiger partial charge on any atom is 0.443 e. The van der Waals surface area contributed by atoms with Crippen LogP contribution in [0.4, 0.5) is 13.2 Å². The van der Waals surface area contributed by atoms with Crippen LogP contribution in [0, 0.1) is 6.92 Å². The fourth-order valence-electron chi connectivity index (χ4n) is 1.75. The Balaban J connectivity index is 2.32. The fraction of sp³-hybridized carbons (Fsp3) is 0.417. The average Bonchev–Trinajstić information content (AvgIpc) is 2.93. The number of alkyl halides is 3. The molecular formula is C12H13F3N2OS. The smallest absolute Gasteiger partial charge is 0.443 e. The van der Waals surface area contributed by atoms with E-state index < -0.39 is 11.2 Å². The van der Waals surface area contributed by atoms with Crippen LogP contribution in [0.3, 0.4) is 0 Å². The number of aromatic nitrogens is 1. The third-order valence-electron chi connectivity index (χ3n) is 2.54. The molecule has 0 amide bonds. The van der Waals surface area contributed by atoms with E-state index in [2.05, 4.69) is 10.3 Å². The van der Waals surface area contributed by atoms with Gasteiger partial charge in [-0.1, -0.05) is 6.92 Å². The molecule has 104 valence electrons. The molecule has 0 fully saturated rings. The van der Waals surface area contributed by atoms with E-state index in [0.29, 0.717) is 22.8 Å². The summed E-state index contributed by atoms with van der Waals surface area (Å²) >= 11 is 0.652. The Labute approximate surface area is 112 Å². The van der Waals surface area contributed by atoms with E-state index in [4.69, 9.17) is 4.42 Å². The molecule has 0 bridgehead atoms. The second-order valence-corrected chi connectivity index (χ2v) is 5.11. The van der Waals surface area contributed by atoms with Crippen molar-refractivity contribution in [2.45, 2.75) is 26.1 Å². The van der Waals surface area contributed by atoms with E-state index in [1.165, 1.54) is 6.20 Å². The Kier molecular flexibility index (Phi) is 3.96. The number of hydrogen-bond acceptors (Lipinski definition) is 4. The monoisotopic (exact) mass is 290 g/mol. The predicted octanol–water partition coefficient (Wildman–Crippen LogP) is 3.76. The topological polar surface area (TPSA) is 38.1 Å². The standard InChI is InChI=1S/C12H13F3N2OS/c1-3-16-10(8-4-7(2)18-6-8)9-5-17-11(19-9)12(13,14)15/h4-6,10,16H,3H2,1-2H3. The predicted molar refractivity (Wildman–Crippen MR) is 66.1 cm³/mol. The van der Waals surface area contributed by atoms with Crippen molar-refractivity contribution >= 4 is 11.3 Å². The summed E-state index contributed by atoms with van der Waals surface area (Å²) < 4.78 is 42.9. The lowest BCUT2D eigenvalue weighted by Crippen LogP contribution is -2.20. The molecule has 0 aliphatic rings. The highest BCUT2D eigenvalue weighted by atomic mass is 32.1. The lowest BCUT2D eigenvalue weighted by Gasteiger charge is -2.13. The zero-order valence-electron chi connectivity index (χ0n) is 10.4. The van der Waals surface area contributed by atoms with Crippen LogP contribution in [-0.4, -0.2) is 11.5 Å². The van der Waals surface area contributed by atoms with Crippen molar-refractivity contribution in [3.05, 3.63) is 39.7 Å². The molecule has 0 saturated carbocycles. The summed E-state index contributed by atoms with van der Waals surface area (Å²) in [4.78, 5) is 3.97. The molecule has 0 spiro atoms. The molecule has 0 aliphatic heterocycles. The molecule has 7 heteroatoms. The summed E-state index contributed by atoms with van der Waals surface area (Å²) in [7, 11) is 0. The van der Waals surface area contributed by atoms with Crippen LogP contribution < -0.4 is 5.32 Å². The SMILES string of the molecule is CCNC(c1coc(C)c1)c1cnc(C(F)(F)F)s1. The van der Waals surface area contributed by atoms with Crippen LogP contribution in [-0.2, 0) is 6.18 Å². The Morgan fingerprint density at radius 2 is 2.21 bits per heavy atom. The summed E-state index contributed by atoms with van der Waals surface area (Å²) in [5, 5.41) is 2.31. The van der Waals surface area contributed by atoms with Crippen LogP contribution in [0.15, 0.2) is 22.9 Å². The first-order valence-corrected chi connectivity index (χ1v) is 6.54. The summed E-state index contributed by atoms with van der Waals surface area (Å²) in [5.41, 5.74) is 0.803. The Hall–Kier alpha value is -1.34. The third kappa shape index (κ3) is 3.16. The Morgan fingerprint density at radius 3 is 2.68 bits per heavy atom. The van der Waals surface area contributed by atoms with Gasteiger partial charge in [0, 0.05) is 16.6 Å². The Morgan fingerprint density at radius 1 is 1.47 bits per heavy atom. The van der Waals surface area contributed by atoms with Crippen molar-refractivity contribution in [3.8, 4) is 0 Å². The van der Waals surface area contributed by atoms with Crippen LogP contribution in [0.2, 0.25) is 0 Å². The number of rotatable bonds is 4. The largest absolute Gasteiger partial charge is 0.469 e. The first kappa shape index (κ1) is 14.1. The van der Waals surface area contributed by atoms with Crippen molar-refractivity contribution in [2.75, 3.05) is 6.54 Å². The zero-order valence-corrected chi connectivity index (χ0v) is 11.2. The van der Waals surface area contributed by atoms with E-state index in [1.807, 2.05) is 6.92 Å². The van der Waals surface area contributed by atoms with Gasteiger partial charge in [0.1, 0.15) is 5.76 Å². The summed E-state index contributed by atoms with van der Waals surface area (Å²) in [5.74, 6) is 0.721. The van der Waals surface area contributed by atoms with Crippen molar-refractivity contribution in [1.82, 2.24) is 10.3 Å². The van der Waals surface area contributed by atoms with E-state index >= 15 is 0 Å². The molecule has 19 heavy (non-hydrogen) atoms. The maximum absolute atomic E-state index is 12.6. The van der Waals surface area contributed by atoms with Crippen molar-refractivity contribution in [2.24, 2.45) is 0 Å². The average molecular weight is 290 g/mol. The molecule has 0 saturated heterocycles. The molecule has 0 radical (unpaired) electrons. The fourth-order valence-corrected chi connectivity index (χ4v) is 2.64. The second kappa shape index (κ2) is 5.34. The van der Waals surface area contributed by atoms with Gasteiger partial charge >= 0.3 is 6.18 Å². The summed E-state index contributed by atoms with van der Waals surface area (Å²) in [6.45, 7) is 4.32. The van der Waals surface area contributed by atoms with Crippen molar-refractivity contribution < 1.29 is 17.6 Å². The van der Waals surface area contributed by atoms with Crippen molar-refractivity contribution in [1.29, 1.82) is 0 Å². The molecule has 1 N–H and O–H groups in total. The van der Waals surface area contributed by atoms with Gasteiger partial charge in [0.05, 0.1) is 12.3 Å². The number of thiazole rings is 1. The Bertz CT molecular complexity index is 547. The van der Waals surface area contributed by atoms with Crippen LogP contribution in [0.5, 0.6) is 0 Å². The summed E-state index contributed by atoms with van der Waals surface area (Å²) in [6.07, 6.45) is -1.58. The molecule has 3 nitrogen and oxygen atoms in total. The highest BCUT2D eigenvalue weighted by Crippen LogP contribution is 2.36. The molecule has 1 atom stereocenters. The number of nitrogens with one attached hydrogen (secondary N) is 1. The van der Waals surface area contributed by atoms with Gasteiger partial charge in [-0.05, 0) is 19.5 Å². The van der Waals surface area contributed by atoms with Gasteiger partial charge in [-0.15, -0.1) is 11.3 Å². The van der Waals surface area contributed by atoms with Crippen molar-refractivity contribution in [3.63, 3.8) is 0 Å². The lowest BCUT2D eigenvalue weighted by atomic mass is 10.1. The third-order valence-corrected chi connectivity index (χ3v) is 3.65. The summed E-state index contributed by atoms with van der Waals surface area (Å²) in [6, 6.07) is 1.48. The van der Waals surface area contributed by atoms with E-state index in [1.54, 1.807) is 19.3 Å². The molecule has 2 rings (SSSR count). The van der Waals surface area contributed by atoms with Gasteiger partial charge in [0.25, 0.3) is 0 Å². The first-order valence-electron chi connectivity index (χ1n) is 5.73. The molecule has 0 aromatic carbocycles. The van der Waals surface area contributed by atoms with Gasteiger partial charge in [-0.2, -0.15) is 13.2 Å². The minimum absolute atomic E-state index is 0.323. The van der Waals surface area contributed by atoms with Gasteiger partial charge in [0.2, 0.25) is 0 Å². The lowest BCUT2D eigenvalue weighted by molar-refractivity contribution is -0.137. The maximum atomic E-state index is 12.6. The number of nitrogens with zero attached hydrogens (tertiary/aromatic N) is 1. The quantitative estimate of drug-likeness (QED) is 0.931. The normalized spacial score (nSPS) is 13.7. The minimum Gasteiger partial charge on any atom is -0.469 e. The highest BCUT2D eigenvalue weighted by Gasteiger charge is 2.35. The number of hydrogen-bond donors (Lipinski definition) is 1. The number of aryl methyl sites for hydroxylation is 1. The van der Waals surface area contributed by atoms with E-state index in [0.717, 1.165) is 11.3 Å². The zero-order chi connectivity index (χ0) is 14.0. The van der Waals surface area contributed by atoms with Gasteiger partial charge < -0.3 is 9.73 Å². The molecule has 2 aromatic heterocycles. The molecule has 0 aliphatic carbocycles. The minimum atomic E-state index is -4.40. The van der Waals surface area contributed by atoms with Gasteiger partial charge in [-0.25, -0.2) is 4.98 Å². The van der Waals surface area contributed by atoms with Crippen LogP contribution >= 0.6 is 11.3 Å². The molecule has 2 heterocycles. The molecule has 1 unspecified atom stereocenters. The second-order valence-electron chi connectivity index (χ2n) is 4.05. The molecule has 2 aromatic rings. The van der Waals surface area contributed by atoms with Gasteiger partial charge in [-0.3, -0.25) is 0 Å². The van der Waals surface area contributed by atoms with Crippen LogP contribution in [0.1, 0.15) is 34.2 Å². The number of furan rings is 1. The highest BCUT2D eigenvalue weighted by molar-refractivity contribution is 7.11.